The van der Waals surface area contributed by atoms with E-state index in [0.717, 1.165) is 31.8 Å². The number of methoxy groups -OCH3 is 1. The second kappa shape index (κ2) is 13.0. The molecule has 1 unspecified atom stereocenters. The van der Waals surface area contributed by atoms with Gasteiger partial charge in [0.2, 0.25) is 0 Å². The summed E-state index contributed by atoms with van der Waals surface area (Å²) in [4.78, 5) is 8.33. The van der Waals surface area contributed by atoms with Gasteiger partial charge in [-0.05, 0) is 48.7 Å². The Hall–Kier alpha value is -1.32. The highest BCUT2D eigenvalue weighted by molar-refractivity contribution is 14.0. The molecule has 0 radical (unpaired) electrons. The third kappa shape index (κ3) is 7.67. The Labute approximate surface area is 184 Å². The first-order valence-electron chi connectivity index (χ1n) is 9.12. The van der Waals surface area contributed by atoms with Crippen molar-refractivity contribution in [2.45, 2.75) is 26.3 Å². The Morgan fingerprint density at radius 2 is 2.04 bits per heavy atom. The van der Waals surface area contributed by atoms with E-state index >= 15 is 0 Å². The van der Waals surface area contributed by atoms with Crippen molar-refractivity contribution in [2.75, 3.05) is 33.3 Å². The van der Waals surface area contributed by atoms with Crippen LogP contribution < -0.4 is 15.8 Å². The number of hydrogen-bond acceptors (Lipinski definition) is 4. The maximum absolute atomic E-state index is 6.08. The summed E-state index contributed by atoms with van der Waals surface area (Å²) < 4.78 is 5.38. The lowest BCUT2D eigenvalue weighted by Gasteiger charge is -2.29. The van der Waals surface area contributed by atoms with E-state index in [1.807, 2.05) is 12.1 Å². The molecule has 0 saturated carbocycles. The third-order valence-corrected chi connectivity index (χ3v) is 5.36. The van der Waals surface area contributed by atoms with E-state index < -0.39 is 0 Å². The summed E-state index contributed by atoms with van der Waals surface area (Å²) in [6.45, 7) is 7.67. The van der Waals surface area contributed by atoms with Gasteiger partial charge in [0.25, 0.3) is 0 Å². The molecule has 7 heteroatoms. The summed E-state index contributed by atoms with van der Waals surface area (Å²) in [6, 6.07) is 12.6. The maximum atomic E-state index is 6.08. The number of hydrogen-bond donors (Lipinski definition) is 2. The van der Waals surface area contributed by atoms with Crippen molar-refractivity contribution in [3.05, 3.63) is 52.2 Å². The number of nitrogens with two attached hydrogens (primary N) is 1. The zero-order valence-electron chi connectivity index (χ0n) is 16.4. The number of thiophene rings is 1. The first kappa shape index (κ1) is 23.7. The quantitative estimate of drug-likeness (QED) is 0.294. The Kier molecular flexibility index (Phi) is 11.4. The number of benzene rings is 1. The lowest BCUT2D eigenvalue weighted by atomic mass is 10.0. The van der Waals surface area contributed by atoms with Gasteiger partial charge in [0.15, 0.2) is 5.96 Å². The number of ether oxygens (including phenoxy) is 1. The number of likely N-dealkylation sites (N-methyl/N-ethyl adjacent to an activating group) is 1. The molecule has 5 nitrogen and oxygen atoms in total. The molecule has 1 atom stereocenters. The predicted molar refractivity (Wildman–Crippen MR) is 127 cm³/mol. The van der Waals surface area contributed by atoms with Crippen LogP contribution in [0.5, 0.6) is 5.75 Å². The molecule has 0 bridgehead atoms. The minimum absolute atomic E-state index is 0. The van der Waals surface area contributed by atoms with Crippen LogP contribution in [0, 0.1) is 0 Å². The van der Waals surface area contributed by atoms with E-state index in [4.69, 9.17) is 10.5 Å². The minimum Gasteiger partial charge on any atom is -0.497 e. The van der Waals surface area contributed by atoms with E-state index in [1.54, 1.807) is 18.4 Å². The number of rotatable bonds is 10. The zero-order chi connectivity index (χ0) is 18.8. The average Bonchev–Trinajstić information content (AvgIpc) is 3.18. The number of nitrogens with zero attached hydrogens (tertiary/aromatic N) is 2. The highest BCUT2D eigenvalue weighted by Crippen LogP contribution is 2.24. The van der Waals surface area contributed by atoms with Crippen molar-refractivity contribution < 1.29 is 4.74 Å². The SMILES string of the molecule is CCN(CC)C(CN=C(N)NCCc1cccs1)c1cccc(OC)c1.I. The fourth-order valence-electron chi connectivity index (χ4n) is 2.95. The molecule has 0 aliphatic heterocycles. The van der Waals surface area contributed by atoms with Crippen LogP contribution in [0.3, 0.4) is 0 Å². The van der Waals surface area contributed by atoms with E-state index in [9.17, 15) is 0 Å². The molecule has 0 saturated heterocycles. The molecule has 1 aromatic heterocycles. The van der Waals surface area contributed by atoms with Gasteiger partial charge in [0.1, 0.15) is 5.75 Å². The highest BCUT2D eigenvalue weighted by Gasteiger charge is 2.18. The van der Waals surface area contributed by atoms with E-state index in [2.05, 4.69) is 58.7 Å². The molecular weight excluding hydrogens is 471 g/mol. The van der Waals surface area contributed by atoms with Crippen LogP contribution in [0.2, 0.25) is 0 Å². The molecule has 1 heterocycles. The number of nitrogens with one attached hydrogen (secondary N) is 1. The molecule has 2 aromatic rings. The summed E-state index contributed by atoms with van der Waals surface area (Å²) in [7, 11) is 1.69. The molecule has 0 aliphatic carbocycles. The molecule has 1 aromatic carbocycles. The van der Waals surface area contributed by atoms with Crippen molar-refractivity contribution in [1.29, 1.82) is 0 Å². The van der Waals surface area contributed by atoms with E-state index in [1.165, 1.54) is 10.4 Å². The van der Waals surface area contributed by atoms with Crippen molar-refractivity contribution in [3.8, 4) is 5.75 Å². The van der Waals surface area contributed by atoms with Gasteiger partial charge in [-0.1, -0.05) is 32.0 Å². The number of halogens is 1. The van der Waals surface area contributed by atoms with Gasteiger partial charge in [-0.2, -0.15) is 0 Å². The highest BCUT2D eigenvalue weighted by atomic mass is 127. The van der Waals surface area contributed by atoms with Crippen molar-refractivity contribution in [1.82, 2.24) is 10.2 Å². The zero-order valence-corrected chi connectivity index (χ0v) is 19.5. The second-order valence-corrected chi connectivity index (χ2v) is 7.03. The average molecular weight is 502 g/mol. The fourth-order valence-corrected chi connectivity index (χ4v) is 3.66. The molecule has 0 amide bonds. The predicted octanol–water partition coefficient (Wildman–Crippen LogP) is 3.90. The maximum Gasteiger partial charge on any atom is 0.188 e. The first-order valence-corrected chi connectivity index (χ1v) is 10.00. The van der Waals surface area contributed by atoms with E-state index in [-0.39, 0.29) is 30.0 Å². The van der Waals surface area contributed by atoms with Gasteiger partial charge >= 0.3 is 0 Å². The summed E-state index contributed by atoms with van der Waals surface area (Å²) in [5, 5.41) is 5.31. The van der Waals surface area contributed by atoms with Crippen LogP contribution in [0.15, 0.2) is 46.8 Å². The van der Waals surface area contributed by atoms with Gasteiger partial charge in [0.05, 0.1) is 19.7 Å². The molecule has 2 rings (SSSR count). The van der Waals surface area contributed by atoms with Crippen molar-refractivity contribution in [3.63, 3.8) is 0 Å². The van der Waals surface area contributed by atoms with Crippen molar-refractivity contribution in [2.24, 2.45) is 10.7 Å². The standard InChI is InChI=1S/C20H30N4OS.HI/c1-4-24(5-2)19(16-8-6-9-17(14-16)25-3)15-23-20(21)22-12-11-18-10-7-13-26-18;/h6-10,13-14,19H,4-5,11-12,15H2,1-3H3,(H3,21,22,23);1H. The van der Waals surface area contributed by atoms with Crippen LogP contribution in [-0.2, 0) is 6.42 Å². The largest absolute Gasteiger partial charge is 0.497 e. The fraction of sp³-hybridized carbons (Fsp3) is 0.450. The van der Waals surface area contributed by atoms with Gasteiger partial charge in [-0.25, -0.2) is 0 Å². The molecule has 27 heavy (non-hydrogen) atoms. The van der Waals surface area contributed by atoms with Gasteiger partial charge in [-0.15, -0.1) is 35.3 Å². The number of aliphatic imine (C=N–C) groups is 1. The van der Waals surface area contributed by atoms with Gasteiger partial charge < -0.3 is 15.8 Å². The molecular formula is C20H31IN4OS. The monoisotopic (exact) mass is 502 g/mol. The Morgan fingerprint density at radius 3 is 2.67 bits per heavy atom. The van der Waals surface area contributed by atoms with Crippen LogP contribution in [0.25, 0.3) is 0 Å². The summed E-state index contributed by atoms with van der Waals surface area (Å²) in [5.74, 6) is 1.37. The second-order valence-electron chi connectivity index (χ2n) is 6.00. The van der Waals surface area contributed by atoms with Crippen LogP contribution in [-0.4, -0.2) is 44.1 Å². The van der Waals surface area contributed by atoms with Crippen LogP contribution >= 0.6 is 35.3 Å². The minimum atomic E-state index is 0. The van der Waals surface area contributed by atoms with Gasteiger partial charge in [-0.3, -0.25) is 9.89 Å². The molecule has 0 aliphatic rings. The lowest BCUT2D eigenvalue weighted by Crippen LogP contribution is -2.35. The van der Waals surface area contributed by atoms with E-state index in [0.29, 0.717) is 12.5 Å². The summed E-state index contributed by atoms with van der Waals surface area (Å²) in [5.41, 5.74) is 7.28. The molecule has 3 N–H and O–H groups in total. The lowest BCUT2D eigenvalue weighted by molar-refractivity contribution is 0.224. The van der Waals surface area contributed by atoms with Gasteiger partial charge in [0, 0.05) is 11.4 Å². The molecule has 0 fully saturated rings. The van der Waals surface area contributed by atoms with Crippen LogP contribution in [0.1, 0.15) is 30.3 Å². The molecule has 0 spiro atoms. The molecule has 150 valence electrons. The summed E-state index contributed by atoms with van der Waals surface area (Å²) >= 11 is 1.76. The van der Waals surface area contributed by atoms with Crippen LogP contribution in [0.4, 0.5) is 0 Å². The first-order chi connectivity index (χ1) is 12.7. The Bertz CT molecular complexity index is 674. The Balaban J connectivity index is 0.00000364. The third-order valence-electron chi connectivity index (χ3n) is 4.42. The van der Waals surface area contributed by atoms with Crippen molar-refractivity contribution >= 4 is 41.3 Å². The topological polar surface area (TPSA) is 62.9 Å². The Morgan fingerprint density at radius 1 is 1.26 bits per heavy atom. The smallest absolute Gasteiger partial charge is 0.188 e. The normalized spacial score (nSPS) is 12.5. The summed E-state index contributed by atoms with van der Waals surface area (Å²) in [6.07, 6.45) is 0.962. The number of guanidine groups is 1.